The number of nitrogens with one attached hydrogen (secondary N) is 2. The van der Waals surface area contributed by atoms with Gasteiger partial charge in [-0.05, 0) is 77.6 Å². The Bertz CT molecular complexity index is 1870. The fourth-order valence-electron chi connectivity index (χ4n) is 6.21. The number of alkyl carbamates (subject to hydrolysis) is 1. The van der Waals surface area contributed by atoms with Crippen molar-refractivity contribution in [2.75, 3.05) is 78.4 Å². The van der Waals surface area contributed by atoms with Crippen molar-refractivity contribution in [3.05, 3.63) is 53.9 Å². The van der Waals surface area contributed by atoms with Crippen LogP contribution in [0.15, 0.2) is 52.9 Å². The summed E-state index contributed by atoms with van der Waals surface area (Å²) in [6.07, 6.45) is 3.33. The molecule has 1 aliphatic heterocycles. The van der Waals surface area contributed by atoms with Gasteiger partial charge in [-0.3, -0.25) is 4.79 Å². The van der Waals surface area contributed by atoms with Crippen molar-refractivity contribution >= 4 is 34.3 Å². The first-order valence-electron chi connectivity index (χ1n) is 18.2. The molecule has 52 heavy (non-hydrogen) atoms. The number of carbonyl (C=O) groups is 2. The van der Waals surface area contributed by atoms with E-state index < -0.39 is 11.7 Å². The normalized spacial score (nSPS) is 11.3. The van der Waals surface area contributed by atoms with Crippen LogP contribution in [0.1, 0.15) is 59.8 Å². The van der Waals surface area contributed by atoms with E-state index in [1.165, 1.54) is 0 Å². The van der Waals surface area contributed by atoms with E-state index in [4.69, 9.17) is 18.6 Å². The second-order valence-electron chi connectivity index (χ2n) is 14.4. The molecule has 0 saturated carbocycles. The van der Waals surface area contributed by atoms with Crippen LogP contribution < -0.4 is 39.8 Å². The zero-order valence-corrected chi connectivity index (χ0v) is 32.8. The molecule has 0 radical (unpaired) electrons. The minimum absolute atomic E-state index is 0.0472. The second-order valence-corrected chi connectivity index (χ2v) is 14.4. The Morgan fingerprint density at radius 1 is 0.846 bits per heavy atom. The molecule has 0 spiro atoms. The number of amides is 2. The number of ether oxygens (including phenoxy) is 3. The number of unbranched alkanes of at least 4 members (excludes halogenated alkanes) is 2. The molecule has 11 nitrogen and oxygen atoms in total. The van der Waals surface area contributed by atoms with E-state index in [1.54, 1.807) is 14.2 Å². The van der Waals surface area contributed by atoms with Gasteiger partial charge in [0.05, 0.1) is 31.7 Å². The van der Waals surface area contributed by atoms with Gasteiger partial charge in [-0.1, -0.05) is 0 Å². The van der Waals surface area contributed by atoms with Gasteiger partial charge in [-0.25, -0.2) is 9.37 Å². The first kappa shape index (κ1) is 39.8. The van der Waals surface area contributed by atoms with Crippen molar-refractivity contribution < 1.29 is 28.2 Å². The van der Waals surface area contributed by atoms with E-state index in [-0.39, 0.29) is 5.91 Å². The van der Waals surface area contributed by atoms with Gasteiger partial charge in [0, 0.05) is 87.0 Å². The number of nitrogens with zero attached hydrogens (tertiary/aromatic N) is 3. The van der Waals surface area contributed by atoms with Gasteiger partial charge in [0.15, 0.2) is 0 Å². The van der Waals surface area contributed by atoms with Gasteiger partial charge in [0.2, 0.25) is 11.3 Å². The van der Waals surface area contributed by atoms with E-state index in [0.717, 1.165) is 87.5 Å². The molecule has 282 valence electrons. The molecular formula is C41H58N5O6+. The number of methoxy groups -OCH3 is 2. The molecule has 0 saturated heterocycles. The van der Waals surface area contributed by atoms with Crippen LogP contribution in [0.5, 0.6) is 11.5 Å². The highest BCUT2D eigenvalue weighted by atomic mass is 16.6. The molecule has 0 aromatic heterocycles. The molecule has 0 atom stereocenters. The average Bonchev–Trinajstić information content (AvgIpc) is 3.10. The van der Waals surface area contributed by atoms with Crippen LogP contribution >= 0.6 is 0 Å². The topological polar surface area (TPSA) is 109 Å². The molecular weight excluding hydrogens is 658 g/mol. The van der Waals surface area contributed by atoms with Crippen molar-refractivity contribution in [2.45, 2.75) is 65.4 Å². The van der Waals surface area contributed by atoms with Crippen LogP contribution in [0.2, 0.25) is 0 Å². The van der Waals surface area contributed by atoms with Crippen molar-refractivity contribution in [1.29, 1.82) is 0 Å². The van der Waals surface area contributed by atoms with Gasteiger partial charge in [-0.2, -0.15) is 0 Å². The Kier molecular flexibility index (Phi) is 13.8. The van der Waals surface area contributed by atoms with Crippen LogP contribution in [0, 0.1) is 0 Å². The van der Waals surface area contributed by atoms with Crippen molar-refractivity contribution in [2.24, 2.45) is 0 Å². The summed E-state index contributed by atoms with van der Waals surface area (Å²) in [6, 6.07) is 16.5. The molecule has 0 bridgehead atoms. The molecule has 0 fully saturated rings. The molecule has 2 N–H and O–H groups in total. The highest BCUT2D eigenvalue weighted by molar-refractivity contribution is 6.04. The molecule has 2 aromatic carbocycles. The van der Waals surface area contributed by atoms with Crippen molar-refractivity contribution in [3.63, 3.8) is 0 Å². The summed E-state index contributed by atoms with van der Waals surface area (Å²) in [5.41, 5.74) is 5.26. The molecule has 1 aliphatic carbocycles. The Balaban J connectivity index is 1.50. The number of benzene rings is 3. The molecule has 2 aromatic rings. The zero-order valence-electron chi connectivity index (χ0n) is 32.8. The third kappa shape index (κ3) is 10.3. The van der Waals surface area contributed by atoms with Crippen LogP contribution in [-0.4, -0.2) is 86.2 Å². The molecule has 11 heteroatoms. The fraction of sp³-hybridized carbons (Fsp3) is 0.488. The monoisotopic (exact) mass is 716 g/mol. The average molecular weight is 717 g/mol. The predicted octanol–water partition coefficient (Wildman–Crippen LogP) is 6.74. The van der Waals surface area contributed by atoms with Crippen LogP contribution in [0.3, 0.4) is 0 Å². The third-order valence-corrected chi connectivity index (χ3v) is 8.88. The van der Waals surface area contributed by atoms with Crippen LogP contribution in [0.4, 0.5) is 16.2 Å². The first-order chi connectivity index (χ1) is 24.8. The minimum Gasteiger partial charge on any atom is -0.497 e. The maximum atomic E-state index is 12.7. The minimum atomic E-state index is -0.507. The van der Waals surface area contributed by atoms with E-state index >= 15 is 0 Å². The lowest BCUT2D eigenvalue weighted by atomic mass is 9.92. The van der Waals surface area contributed by atoms with Gasteiger partial charge in [0.1, 0.15) is 42.5 Å². The summed E-state index contributed by atoms with van der Waals surface area (Å²) in [4.78, 5) is 28.9. The lowest BCUT2D eigenvalue weighted by Gasteiger charge is -2.30. The van der Waals surface area contributed by atoms with Gasteiger partial charge in [0.25, 0.3) is 0 Å². The van der Waals surface area contributed by atoms with Gasteiger partial charge in [-0.15, -0.1) is 0 Å². The second kappa shape index (κ2) is 18.0. The Morgan fingerprint density at radius 3 is 2.21 bits per heavy atom. The lowest BCUT2D eigenvalue weighted by molar-refractivity contribution is -0.121. The number of hydrogen-bond acceptors (Lipinski definition) is 8. The Hall–Kier alpha value is -4.93. The van der Waals surface area contributed by atoms with Crippen molar-refractivity contribution in [1.82, 2.24) is 15.2 Å². The molecule has 2 amide bonds. The maximum Gasteiger partial charge on any atom is 0.407 e. The van der Waals surface area contributed by atoms with Crippen LogP contribution in [-0.2, 0) is 9.53 Å². The Labute approximate surface area is 308 Å². The summed E-state index contributed by atoms with van der Waals surface area (Å²) in [5, 5.41) is 7.82. The summed E-state index contributed by atoms with van der Waals surface area (Å²) >= 11 is 0. The summed E-state index contributed by atoms with van der Waals surface area (Å²) in [6.45, 7) is 10.3. The third-order valence-electron chi connectivity index (χ3n) is 8.88. The van der Waals surface area contributed by atoms with Gasteiger partial charge < -0.3 is 39.1 Å². The standard InChI is InChI=1S/C41H57N5O6/c1-11-46(23-15-16-38(47)42-21-13-12-14-22-43-40(48)52-41(2,3)4)34-27-35(50-10)32(26-33(34)45(7)8)39-30-19-17-28(44(5)6)24-36(30)51-37-25-29(49-9)18-20-31(37)39/h17-20,24-27H,11-16,21-23H2,1-10H3,(H-,42,43,47,48)/p+1. The highest BCUT2D eigenvalue weighted by Gasteiger charge is 2.24. The largest absolute Gasteiger partial charge is 0.497 e. The lowest BCUT2D eigenvalue weighted by Crippen LogP contribution is -2.33. The molecule has 0 unspecified atom stereocenters. The quantitative estimate of drug-likeness (QED) is 0.0747. The molecule has 4 rings (SSSR count). The summed E-state index contributed by atoms with van der Waals surface area (Å²) in [5.74, 6) is 2.28. The number of fused-ring (bicyclic) bond motifs is 2. The zero-order chi connectivity index (χ0) is 38.0. The number of anilines is 2. The molecule has 2 aliphatic rings. The summed E-state index contributed by atoms with van der Waals surface area (Å²) in [7, 11) is 11.5. The number of rotatable bonds is 16. The van der Waals surface area contributed by atoms with E-state index in [9.17, 15) is 9.59 Å². The molecule has 1 heterocycles. The van der Waals surface area contributed by atoms with E-state index in [1.807, 2.05) is 53.1 Å². The number of carbonyl (C=O) groups excluding carboxylic acids is 2. The first-order valence-corrected chi connectivity index (χ1v) is 18.2. The Morgan fingerprint density at radius 2 is 1.58 bits per heavy atom. The smallest absolute Gasteiger partial charge is 0.407 e. The summed E-state index contributed by atoms with van der Waals surface area (Å²) < 4.78 is 25.5. The fourth-order valence-corrected chi connectivity index (χ4v) is 6.21. The van der Waals surface area contributed by atoms with Gasteiger partial charge >= 0.3 is 6.09 Å². The highest BCUT2D eigenvalue weighted by Crippen LogP contribution is 2.47. The predicted molar refractivity (Wildman–Crippen MR) is 211 cm³/mol. The van der Waals surface area contributed by atoms with Crippen molar-refractivity contribution in [3.8, 4) is 33.9 Å². The number of hydrogen-bond donors (Lipinski definition) is 2. The maximum absolute atomic E-state index is 12.7. The SMILES string of the molecule is CCN(CCCC(=O)NCCCCCNC(=O)OC(C)(C)C)c1cc(OC)c(-c2c3ccc(=[N+](C)C)cc-3oc3cc(OC)ccc23)cc1N(C)C. The van der Waals surface area contributed by atoms with Crippen LogP contribution in [0.25, 0.3) is 33.4 Å². The van der Waals surface area contributed by atoms with E-state index in [0.29, 0.717) is 32.5 Å². The van der Waals surface area contributed by atoms with E-state index in [2.05, 4.69) is 76.4 Å².